The SMILES string of the molecule is CCC1CCC(C#N)C(n2ccc([N+](=O)[O-])n2)C1. The molecule has 18 heavy (non-hydrogen) atoms. The summed E-state index contributed by atoms with van der Waals surface area (Å²) < 4.78 is 1.60. The zero-order valence-corrected chi connectivity index (χ0v) is 10.3. The molecular weight excluding hydrogens is 232 g/mol. The quantitative estimate of drug-likeness (QED) is 0.608. The molecule has 6 heteroatoms. The van der Waals surface area contributed by atoms with Crippen LogP contribution in [0.1, 0.15) is 38.6 Å². The lowest BCUT2D eigenvalue weighted by Crippen LogP contribution is -2.27. The number of rotatable bonds is 3. The lowest BCUT2D eigenvalue weighted by atomic mass is 9.78. The molecule has 1 aromatic heterocycles. The van der Waals surface area contributed by atoms with Gasteiger partial charge in [-0.3, -0.25) is 0 Å². The number of nitrogens with zero attached hydrogens (tertiary/aromatic N) is 4. The summed E-state index contributed by atoms with van der Waals surface area (Å²) >= 11 is 0. The average Bonchev–Trinajstić information content (AvgIpc) is 2.87. The monoisotopic (exact) mass is 248 g/mol. The van der Waals surface area contributed by atoms with Gasteiger partial charge >= 0.3 is 5.82 Å². The van der Waals surface area contributed by atoms with E-state index in [1.165, 1.54) is 6.07 Å². The molecule has 96 valence electrons. The average molecular weight is 248 g/mol. The maximum absolute atomic E-state index is 10.6. The van der Waals surface area contributed by atoms with E-state index in [0.717, 1.165) is 25.7 Å². The summed E-state index contributed by atoms with van der Waals surface area (Å²) in [4.78, 5) is 10.1. The highest BCUT2D eigenvalue weighted by Gasteiger charge is 2.33. The standard InChI is InChI=1S/C12H16N4O2/c1-2-9-3-4-10(8-13)11(7-9)15-6-5-12(14-15)16(17)18/h5-6,9-11H,2-4,7H2,1H3. The van der Waals surface area contributed by atoms with Gasteiger partial charge in [0.2, 0.25) is 0 Å². The number of aromatic nitrogens is 2. The summed E-state index contributed by atoms with van der Waals surface area (Å²) in [6.07, 6.45) is 5.50. The van der Waals surface area contributed by atoms with Crippen molar-refractivity contribution in [2.75, 3.05) is 0 Å². The van der Waals surface area contributed by atoms with Crippen molar-refractivity contribution in [2.45, 2.75) is 38.6 Å². The largest absolute Gasteiger partial charge is 0.389 e. The first-order valence-electron chi connectivity index (χ1n) is 6.24. The molecule has 3 atom stereocenters. The van der Waals surface area contributed by atoms with Gasteiger partial charge in [0.15, 0.2) is 0 Å². The van der Waals surface area contributed by atoms with E-state index in [2.05, 4.69) is 18.1 Å². The zero-order chi connectivity index (χ0) is 13.1. The molecule has 0 bridgehead atoms. The van der Waals surface area contributed by atoms with Gasteiger partial charge in [-0.05, 0) is 30.1 Å². The van der Waals surface area contributed by atoms with Gasteiger partial charge in [0.25, 0.3) is 0 Å². The van der Waals surface area contributed by atoms with Gasteiger partial charge in [-0.15, -0.1) is 0 Å². The summed E-state index contributed by atoms with van der Waals surface area (Å²) in [5.41, 5.74) is 0. The molecule has 1 heterocycles. The van der Waals surface area contributed by atoms with Crippen LogP contribution < -0.4 is 0 Å². The molecule has 0 N–H and O–H groups in total. The highest BCUT2D eigenvalue weighted by molar-refractivity contribution is 5.15. The maximum Gasteiger partial charge on any atom is 0.389 e. The molecule has 1 aromatic rings. The Hall–Kier alpha value is -1.90. The Morgan fingerprint density at radius 2 is 2.44 bits per heavy atom. The van der Waals surface area contributed by atoms with Gasteiger partial charge in [-0.25, -0.2) is 0 Å². The van der Waals surface area contributed by atoms with Crippen molar-refractivity contribution in [1.82, 2.24) is 9.78 Å². The molecule has 0 radical (unpaired) electrons. The molecule has 6 nitrogen and oxygen atoms in total. The molecular formula is C12H16N4O2. The molecule has 2 rings (SSSR count). The Labute approximate surface area is 105 Å². The Bertz CT molecular complexity index is 477. The van der Waals surface area contributed by atoms with Crippen molar-refractivity contribution in [3.05, 3.63) is 22.4 Å². The van der Waals surface area contributed by atoms with Crippen LogP contribution in [0.5, 0.6) is 0 Å². The minimum Gasteiger partial charge on any atom is -0.358 e. The molecule has 3 unspecified atom stereocenters. The normalized spacial score (nSPS) is 27.7. The number of nitro groups is 1. The second-order valence-corrected chi connectivity index (χ2v) is 4.80. The van der Waals surface area contributed by atoms with Gasteiger partial charge in [0.05, 0.1) is 35.4 Å². The van der Waals surface area contributed by atoms with E-state index in [-0.39, 0.29) is 17.8 Å². The fraction of sp³-hybridized carbons (Fsp3) is 0.667. The minimum atomic E-state index is -0.502. The van der Waals surface area contributed by atoms with Crippen molar-refractivity contribution >= 4 is 5.82 Å². The first-order valence-corrected chi connectivity index (χ1v) is 6.24. The lowest BCUT2D eigenvalue weighted by molar-refractivity contribution is -0.389. The third-order valence-corrected chi connectivity index (χ3v) is 3.79. The van der Waals surface area contributed by atoms with E-state index in [1.54, 1.807) is 10.9 Å². The van der Waals surface area contributed by atoms with E-state index >= 15 is 0 Å². The summed E-state index contributed by atoms with van der Waals surface area (Å²) in [5.74, 6) is 0.348. The molecule has 0 saturated heterocycles. The van der Waals surface area contributed by atoms with Gasteiger partial charge in [-0.2, -0.15) is 9.94 Å². The second-order valence-electron chi connectivity index (χ2n) is 4.80. The molecule has 1 saturated carbocycles. The van der Waals surface area contributed by atoms with Crippen LogP contribution in [0.15, 0.2) is 12.3 Å². The van der Waals surface area contributed by atoms with Gasteiger partial charge in [-0.1, -0.05) is 13.3 Å². The van der Waals surface area contributed by atoms with E-state index in [1.807, 2.05) is 0 Å². The summed E-state index contributed by atoms with van der Waals surface area (Å²) in [6.45, 7) is 2.14. The Kier molecular flexibility index (Phi) is 3.60. The first-order chi connectivity index (χ1) is 8.65. The van der Waals surface area contributed by atoms with Gasteiger partial charge < -0.3 is 10.1 Å². The Balaban J connectivity index is 2.21. The van der Waals surface area contributed by atoms with E-state index < -0.39 is 4.92 Å². The Morgan fingerprint density at radius 3 is 3.00 bits per heavy atom. The van der Waals surface area contributed by atoms with Crippen LogP contribution >= 0.6 is 0 Å². The van der Waals surface area contributed by atoms with Crippen molar-refractivity contribution < 1.29 is 4.92 Å². The molecule has 0 amide bonds. The molecule has 1 aliphatic carbocycles. The van der Waals surface area contributed by atoms with Crippen LogP contribution in [0.25, 0.3) is 0 Å². The van der Waals surface area contributed by atoms with Crippen LogP contribution in [-0.4, -0.2) is 14.7 Å². The van der Waals surface area contributed by atoms with Gasteiger partial charge in [0, 0.05) is 0 Å². The molecule has 1 fully saturated rings. The van der Waals surface area contributed by atoms with Crippen molar-refractivity contribution in [1.29, 1.82) is 5.26 Å². The number of hydrogen-bond donors (Lipinski definition) is 0. The second kappa shape index (κ2) is 5.17. The van der Waals surface area contributed by atoms with Crippen LogP contribution in [0, 0.1) is 33.3 Å². The fourth-order valence-electron chi connectivity index (χ4n) is 2.66. The smallest absolute Gasteiger partial charge is 0.358 e. The minimum absolute atomic E-state index is 0.0256. The van der Waals surface area contributed by atoms with Crippen molar-refractivity contribution in [3.63, 3.8) is 0 Å². The molecule has 1 aliphatic rings. The maximum atomic E-state index is 10.6. The van der Waals surface area contributed by atoms with E-state index in [0.29, 0.717) is 5.92 Å². The molecule has 0 aliphatic heterocycles. The molecule has 0 spiro atoms. The van der Waals surface area contributed by atoms with Crippen LogP contribution in [0.4, 0.5) is 5.82 Å². The van der Waals surface area contributed by atoms with Crippen LogP contribution in [0.2, 0.25) is 0 Å². The van der Waals surface area contributed by atoms with Gasteiger partial charge in [0.1, 0.15) is 0 Å². The topological polar surface area (TPSA) is 84.8 Å². The van der Waals surface area contributed by atoms with Crippen molar-refractivity contribution in [2.24, 2.45) is 11.8 Å². The third kappa shape index (κ3) is 2.35. The highest BCUT2D eigenvalue weighted by atomic mass is 16.6. The first kappa shape index (κ1) is 12.6. The predicted molar refractivity (Wildman–Crippen MR) is 64.7 cm³/mol. The summed E-state index contributed by atoms with van der Waals surface area (Å²) in [5, 5.41) is 23.8. The zero-order valence-electron chi connectivity index (χ0n) is 10.3. The molecule has 0 aromatic carbocycles. The van der Waals surface area contributed by atoms with E-state index in [9.17, 15) is 15.4 Å². The lowest BCUT2D eigenvalue weighted by Gasteiger charge is -2.30. The van der Waals surface area contributed by atoms with E-state index in [4.69, 9.17) is 0 Å². The third-order valence-electron chi connectivity index (χ3n) is 3.79. The van der Waals surface area contributed by atoms with Crippen LogP contribution in [0.3, 0.4) is 0 Å². The Morgan fingerprint density at radius 1 is 1.67 bits per heavy atom. The highest BCUT2D eigenvalue weighted by Crippen LogP contribution is 2.38. The summed E-state index contributed by atoms with van der Waals surface area (Å²) in [7, 11) is 0. The van der Waals surface area contributed by atoms with Crippen molar-refractivity contribution in [3.8, 4) is 6.07 Å². The summed E-state index contributed by atoms with van der Waals surface area (Å²) in [6, 6.07) is 3.67. The number of hydrogen-bond acceptors (Lipinski definition) is 4. The predicted octanol–water partition coefficient (Wildman–Crippen LogP) is 2.68. The number of nitriles is 1. The van der Waals surface area contributed by atoms with Crippen LogP contribution in [-0.2, 0) is 0 Å². The fourth-order valence-corrected chi connectivity index (χ4v) is 2.66.